The van der Waals surface area contributed by atoms with Gasteiger partial charge in [-0.2, -0.15) is 0 Å². The fourth-order valence-corrected chi connectivity index (χ4v) is 2.94. The van der Waals surface area contributed by atoms with Crippen molar-refractivity contribution >= 4 is 11.6 Å². The average molecular weight is 270 g/mol. The lowest BCUT2D eigenvalue weighted by Crippen LogP contribution is -2.33. The van der Waals surface area contributed by atoms with Crippen LogP contribution in [-0.2, 0) is 6.54 Å². The summed E-state index contributed by atoms with van der Waals surface area (Å²) in [6.07, 6.45) is 6.69. The van der Waals surface area contributed by atoms with E-state index >= 15 is 0 Å². The van der Waals surface area contributed by atoms with Crippen molar-refractivity contribution < 1.29 is 4.39 Å². The Bertz CT molecular complexity index is 399. The first kappa shape index (κ1) is 13.8. The number of hydrogen-bond donors (Lipinski definition) is 1. The van der Waals surface area contributed by atoms with Gasteiger partial charge in [0.15, 0.2) is 0 Å². The van der Waals surface area contributed by atoms with E-state index < -0.39 is 0 Å². The van der Waals surface area contributed by atoms with E-state index in [-0.39, 0.29) is 10.8 Å². The van der Waals surface area contributed by atoms with Gasteiger partial charge in [-0.1, -0.05) is 43.9 Å². The van der Waals surface area contributed by atoms with Crippen molar-refractivity contribution in [2.45, 2.75) is 45.6 Å². The molecule has 1 aromatic rings. The summed E-state index contributed by atoms with van der Waals surface area (Å²) < 4.78 is 13.0. The molecule has 1 aromatic carbocycles. The molecule has 1 saturated carbocycles. The van der Waals surface area contributed by atoms with E-state index in [4.69, 9.17) is 11.6 Å². The first-order valence-corrected chi connectivity index (χ1v) is 7.12. The summed E-state index contributed by atoms with van der Waals surface area (Å²) in [5.41, 5.74) is 1.48. The van der Waals surface area contributed by atoms with Crippen LogP contribution in [0.25, 0.3) is 0 Å². The highest BCUT2D eigenvalue weighted by Gasteiger charge is 2.25. The van der Waals surface area contributed by atoms with Crippen molar-refractivity contribution in [3.63, 3.8) is 0 Å². The molecule has 0 aliphatic heterocycles. The molecule has 1 aliphatic rings. The summed E-state index contributed by atoms with van der Waals surface area (Å²) in [6, 6.07) is 4.92. The van der Waals surface area contributed by atoms with E-state index in [1.54, 1.807) is 12.1 Å². The lowest BCUT2D eigenvalue weighted by molar-refractivity contribution is 0.207. The van der Waals surface area contributed by atoms with E-state index in [0.717, 1.165) is 18.7 Å². The van der Waals surface area contributed by atoms with Gasteiger partial charge >= 0.3 is 0 Å². The van der Waals surface area contributed by atoms with Crippen LogP contribution in [0.1, 0.15) is 44.6 Å². The summed E-state index contributed by atoms with van der Waals surface area (Å²) >= 11 is 5.77. The number of halogens is 2. The minimum atomic E-state index is -0.348. The van der Waals surface area contributed by atoms with E-state index in [1.807, 2.05) is 0 Å². The molecule has 0 saturated heterocycles. The summed E-state index contributed by atoms with van der Waals surface area (Å²) in [4.78, 5) is 0. The number of hydrogen-bond acceptors (Lipinski definition) is 1. The number of nitrogens with one attached hydrogen (secondary N) is 1. The first-order chi connectivity index (χ1) is 8.59. The molecule has 18 heavy (non-hydrogen) atoms. The van der Waals surface area contributed by atoms with Crippen molar-refractivity contribution in [1.82, 2.24) is 5.32 Å². The Morgan fingerprint density at radius 2 is 2.00 bits per heavy atom. The third-order valence-corrected chi connectivity index (χ3v) is 4.22. The molecular formula is C15H21ClFN. The monoisotopic (exact) mass is 269 g/mol. The molecule has 0 heterocycles. The van der Waals surface area contributed by atoms with Gasteiger partial charge in [-0.3, -0.25) is 0 Å². The van der Waals surface area contributed by atoms with Crippen molar-refractivity contribution in [2.75, 3.05) is 6.54 Å². The molecule has 0 amide bonds. The second-order valence-electron chi connectivity index (χ2n) is 5.72. The average Bonchev–Trinajstić information content (AvgIpc) is 2.34. The molecule has 0 bridgehead atoms. The Kier molecular flexibility index (Phi) is 4.63. The molecule has 0 radical (unpaired) electrons. The molecule has 0 unspecified atom stereocenters. The van der Waals surface area contributed by atoms with Crippen LogP contribution < -0.4 is 5.32 Å². The van der Waals surface area contributed by atoms with Gasteiger partial charge in [0.05, 0.1) is 5.02 Å². The third kappa shape index (κ3) is 3.69. The summed E-state index contributed by atoms with van der Waals surface area (Å²) in [7, 11) is 0. The van der Waals surface area contributed by atoms with Crippen LogP contribution in [0.4, 0.5) is 4.39 Å². The molecule has 1 fully saturated rings. The number of rotatable bonds is 4. The highest BCUT2D eigenvalue weighted by Crippen LogP contribution is 2.34. The Morgan fingerprint density at radius 1 is 1.28 bits per heavy atom. The van der Waals surface area contributed by atoms with E-state index in [0.29, 0.717) is 5.41 Å². The van der Waals surface area contributed by atoms with Gasteiger partial charge in [0.25, 0.3) is 0 Å². The second kappa shape index (κ2) is 6.03. The lowest BCUT2D eigenvalue weighted by Gasteiger charge is -2.33. The predicted molar refractivity (Wildman–Crippen MR) is 74.3 cm³/mol. The lowest BCUT2D eigenvalue weighted by atomic mass is 9.76. The normalized spacial score (nSPS) is 18.8. The molecule has 2 rings (SSSR count). The molecule has 0 atom stereocenters. The molecule has 0 spiro atoms. The second-order valence-corrected chi connectivity index (χ2v) is 6.13. The van der Waals surface area contributed by atoms with Crippen LogP contribution in [0.2, 0.25) is 5.02 Å². The highest BCUT2D eigenvalue weighted by atomic mass is 35.5. The van der Waals surface area contributed by atoms with Gasteiger partial charge in [0, 0.05) is 13.1 Å². The van der Waals surface area contributed by atoms with Gasteiger partial charge in [0.2, 0.25) is 0 Å². The maximum absolute atomic E-state index is 13.0. The zero-order valence-electron chi connectivity index (χ0n) is 10.9. The van der Waals surface area contributed by atoms with Crippen LogP contribution in [0.15, 0.2) is 18.2 Å². The summed E-state index contributed by atoms with van der Waals surface area (Å²) in [5, 5.41) is 3.68. The molecule has 1 N–H and O–H groups in total. The maximum atomic E-state index is 13.0. The topological polar surface area (TPSA) is 12.0 Å². The Morgan fingerprint density at radius 3 is 2.67 bits per heavy atom. The van der Waals surface area contributed by atoms with Gasteiger partial charge in [-0.05, 0) is 36.0 Å². The zero-order valence-corrected chi connectivity index (χ0v) is 11.7. The van der Waals surface area contributed by atoms with Crippen LogP contribution in [0.5, 0.6) is 0 Å². The van der Waals surface area contributed by atoms with Gasteiger partial charge in [0.1, 0.15) is 5.82 Å². The Labute approximate surface area is 114 Å². The van der Waals surface area contributed by atoms with E-state index in [1.165, 1.54) is 38.2 Å². The SMILES string of the molecule is CC1(CNCc2ccc(F)c(Cl)c2)CCCCC1. The first-order valence-electron chi connectivity index (χ1n) is 6.74. The van der Waals surface area contributed by atoms with Crippen LogP contribution in [-0.4, -0.2) is 6.54 Å². The highest BCUT2D eigenvalue weighted by molar-refractivity contribution is 6.30. The van der Waals surface area contributed by atoms with Gasteiger partial charge in [-0.15, -0.1) is 0 Å². The largest absolute Gasteiger partial charge is 0.312 e. The van der Waals surface area contributed by atoms with Crippen molar-refractivity contribution in [3.8, 4) is 0 Å². The zero-order chi connectivity index (χ0) is 13.0. The van der Waals surface area contributed by atoms with Gasteiger partial charge < -0.3 is 5.32 Å². The van der Waals surface area contributed by atoms with E-state index in [9.17, 15) is 4.39 Å². The Balaban J connectivity index is 1.82. The van der Waals surface area contributed by atoms with Gasteiger partial charge in [-0.25, -0.2) is 4.39 Å². The van der Waals surface area contributed by atoms with Crippen molar-refractivity contribution in [2.24, 2.45) is 5.41 Å². The standard InChI is InChI=1S/C15H21ClFN/c1-15(7-3-2-4-8-15)11-18-10-12-5-6-14(17)13(16)9-12/h5-6,9,18H,2-4,7-8,10-11H2,1H3. The molecule has 0 aromatic heterocycles. The predicted octanol–water partition coefficient (Wildman–Crippen LogP) is 4.54. The van der Waals surface area contributed by atoms with Crippen LogP contribution in [0, 0.1) is 11.2 Å². The minimum absolute atomic E-state index is 0.207. The number of benzene rings is 1. The van der Waals surface area contributed by atoms with Crippen LogP contribution in [0.3, 0.4) is 0 Å². The molecular weight excluding hydrogens is 249 g/mol. The van der Waals surface area contributed by atoms with E-state index in [2.05, 4.69) is 12.2 Å². The minimum Gasteiger partial charge on any atom is -0.312 e. The quantitative estimate of drug-likeness (QED) is 0.846. The molecule has 1 nitrogen and oxygen atoms in total. The molecule has 100 valence electrons. The van der Waals surface area contributed by atoms with Crippen molar-refractivity contribution in [3.05, 3.63) is 34.6 Å². The summed E-state index contributed by atoms with van der Waals surface area (Å²) in [6.45, 7) is 4.15. The molecule has 3 heteroatoms. The van der Waals surface area contributed by atoms with Crippen LogP contribution >= 0.6 is 11.6 Å². The Hall–Kier alpha value is -0.600. The smallest absolute Gasteiger partial charge is 0.141 e. The van der Waals surface area contributed by atoms with Crippen molar-refractivity contribution in [1.29, 1.82) is 0 Å². The molecule has 1 aliphatic carbocycles. The summed E-state index contributed by atoms with van der Waals surface area (Å²) in [5.74, 6) is -0.348. The third-order valence-electron chi connectivity index (χ3n) is 3.93. The maximum Gasteiger partial charge on any atom is 0.141 e. The fourth-order valence-electron chi connectivity index (χ4n) is 2.74. The fraction of sp³-hybridized carbons (Fsp3) is 0.600.